The molecule has 1 aromatic carbocycles. The van der Waals surface area contributed by atoms with Crippen LogP contribution < -0.4 is 16.4 Å². The molecule has 0 saturated heterocycles. The number of aromatic nitrogens is 3. The van der Waals surface area contributed by atoms with Crippen molar-refractivity contribution >= 4 is 27.1 Å². The van der Waals surface area contributed by atoms with E-state index in [1.54, 1.807) is 6.92 Å². The minimum Gasteiger partial charge on any atom is -0.267 e. The van der Waals surface area contributed by atoms with Gasteiger partial charge < -0.3 is 0 Å². The Morgan fingerprint density at radius 1 is 1.32 bits per heavy atom. The maximum atomic E-state index is 11.8. The van der Waals surface area contributed by atoms with E-state index in [0.717, 1.165) is 5.69 Å². The zero-order valence-corrected chi connectivity index (χ0v) is 11.0. The van der Waals surface area contributed by atoms with Gasteiger partial charge in [-0.2, -0.15) is 4.52 Å². The smallest absolute Gasteiger partial charge is 0.267 e. The van der Waals surface area contributed by atoms with Gasteiger partial charge >= 0.3 is 0 Å². The maximum absolute atomic E-state index is 11.8. The highest BCUT2D eigenvalue weighted by molar-refractivity contribution is 7.20. The number of fused-ring (bicyclic) bond motifs is 1. The van der Waals surface area contributed by atoms with Crippen LogP contribution in [-0.4, -0.2) is 14.6 Å². The molecule has 96 valence electrons. The first-order valence-corrected chi connectivity index (χ1v) is 6.44. The third-order valence-corrected chi connectivity index (χ3v) is 3.51. The number of benzene rings is 1. The van der Waals surface area contributed by atoms with E-state index in [0.29, 0.717) is 15.8 Å². The fourth-order valence-corrected chi connectivity index (χ4v) is 2.60. The Morgan fingerprint density at radius 2 is 2.05 bits per heavy atom. The molecule has 0 bridgehead atoms. The van der Waals surface area contributed by atoms with Crippen LogP contribution in [0.2, 0.25) is 0 Å². The number of anilines is 2. The zero-order valence-electron chi connectivity index (χ0n) is 10.1. The second kappa shape index (κ2) is 4.45. The van der Waals surface area contributed by atoms with Crippen molar-refractivity contribution in [1.29, 1.82) is 0 Å². The van der Waals surface area contributed by atoms with Gasteiger partial charge in [-0.1, -0.05) is 29.5 Å². The number of nitrogens with zero attached hydrogens (tertiary/aromatic N) is 4. The van der Waals surface area contributed by atoms with Crippen molar-refractivity contribution in [1.82, 2.24) is 14.6 Å². The van der Waals surface area contributed by atoms with E-state index in [2.05, 4.69) is 10.1 Å². The van der Waals surface area contributed by atoms with Crippen LogP contribution in [0.25, 0.3) is 4.96 Å². The molecule has 0 aliphatic carbocycles. The topological polar surface area (TPSA) is 76.5 Å². The normalized spacial score (nSPS) is 10.8. The van der Waals surface area contributed by atoms with Crippen molar-refractivity contribution < 1.29 is 0 Å². The van der Waals surface area contributed by atoms with Crippen LogP contribution in [0.5, 0.6) is 0 Å². The molecule has 0 fully saturated rings. The van der Waals surface area contributed by atoms with Gasteiger partial charge in [0.2, 0.25) is 10.1 Å². The molecular formula is C12H11N5OS. The minimum absolute atomic E-state index is 0.202. The lowest BCUT2D eigenvalue weighted by atomic mass is 10.3. The predicted molar refractivity (Wildman–Crippen MR) is 74.6 cm³/mol. The molecule has 0 spiro atoms. The van der Waals surface area contributed by atoms with Crippen LogP contribution >= 0.6 is 11.3 Å². The van der Waals surface area contributed by atoms with Crippen molar-refractivity contribution in [2.45, 2.75) is 6.92 Å². The second-order valence-corrected chi connectivity index (χ2v) is 4.95. The number of hydrogen-bond donors (Lipinski definition) is 1. The molecule has 19 heavy (non-hydrogen) atoms. The summed E-state index contributed by atoms with van der Waals surface area (Å²) in [6.45, 7) is 1.78. The van der Waals surface area contributed by atoms with Gasteiger partial charge in [0.05, 0.1) is 5.69 Å². The van der Waals surface area contributed by atoms with Crippen LogP contribution in [-0.2, 0) is 0 Å². The van der Waals surface area contributed by atoms with Gasteiger partial charge in [-0.05, 0) is 19.1 Å². The standard InChI is InChI=1S/C12H11N5OS/c1-8-7-10(18)17-11(14-8)19-12(15-17)16(13)9-5-3-2-4-6-9/h2-7H,13H2,1H3. The van der Waals surface area contributed by atoms with Crippen molar-refractivity contribution in [3.63, 3.8) is 0 Å². The Hall–Kier alpha value is -2.25. The summed E-state index contributed by atoms with van der Waals surface area (Å²) >= 11 is 1.27. The highest BCUT2D eigenvalue weighted by atomic mass is 32.1. The number of para-hydroxylation sites is 1. The third-order valence-electron chi connectivity index (χ3n) is 2.60. The first kappa shape index (κ1) is 11.8. The third kappa shape index (κ3) is 2.09. The average Bonchev–Trinajstić information content (AvgIpc) is 2.83. The summed E-state index contributed by atoms with van der Waals surface area (Å²) in [5.41, 5.74) is 1.27. The highest BCUT2D eigenvalue weighted by Gasteiger charge is 2.12. The maximum Gasteiger partial charge on any atom is 0.275 e. The van der Waals surface area contributed by atoms with Gasteiger partial charge in [0.15, 0.2) is 0 Å². The van der Waals surface area contributed by atoms with Gasteiger partial charge in [0, 0.05) is 11.8 Å². The van der Waals surface area contributed by atoms with Crippen LogP contribution in [0.1, 0.15) is 5.69 Å². The Balaban J connectivity index is 2.12. The molecule has 3 aromatic rings. The van der Waals surface area contributed by atoms with Gasteiger partial charge in [0.1, 0.15) is 0 Å². The molecule has 0 radical (unpaired) electrons. The molecule has 0 atom stereocenters. The van der Waals surface area contributed by atoms with E-state index >= 15 is 0 Å². The molecule has 0 unspecified atom stereocenters. The first-order chi connectivity index (χ1) is 9.15. The van der Waals surface area contributed by atoms with Crippen LogP contribution in [0.15, 0.2) is 41.2 Å². The average molecular weight is 273 g/mol. The molecule has 2 aromatic heterocycles. The summed E-state index contributed by atoms with van der Waals surface area (Å²) in [5.74, 6) is 6.01. The fourth-order valence-electron chi connectivity index (χ4n) is 1.71. The number of hydrazine groups is 1. The van der Waals surface area contributed by atoms with Gasteiger partial charge in [-0.15, -0.1) is 5.10 Å². The number of nitrogens with two attached hydrogens (primary N) is 1. The molecule has 0 aliphatic rings. The summed E-state index contributed by atoms with van der Waals surface area (Å²) < 4.78 is 1.26. The largest absolute Gasteiger partial charge is 0.275 e. The zero-order chi connectivity index (χ0) is 13.4. The monoisotopic (exact) mass is 273 g/mol. The minimum atomic E-state index is -0.202. The summed E-state index contributed by atoms with van der Waals surface area (Å²) in [6.07, 6.45) is 0. The second-order valence-electron chi connectivity index (χ2n) is 4.02. The molecule has 0 saturated carbocycles. The summed E-state index contributed by atoms with van der Waals surface area (Å²) in [6, 6.07) is 10.9. The molecule has 7 heteroatoms. The highest BCUT2D eigenvalue weighted by Crippen LogP contribution is 2.25. The van der Waals surface area contributed by atoms with E-state index in [1.165, 1.54) is 26.9 Å². The van der Waals surface area contributed by atoms with E-state index in [4.69, 9.17) is 5.84 Å². The van der Waals surface area contributed by atoms with Crippen molar-refractivity contribution in [2.75, 3.05) is 5.01 Å². The fraction of sp³-hybridized carbons (Fsp3) is 0.0833. The SMILES string of the molecule is Cc1cc(=O)n2nc(N(N)c3ccccc3)sc2n1. The molecular weight excluding hydrogens is 262 g/mol. The van der Waals surface area contributed by atoms with Crippen molar-refractivity contribution in [3.05, 3.63) is 52.4 Å². The summed E-state index contributed by atoms with van der Waals surface area (Å²) in [4.78, 5) is 16.6. The van der Waals surface area contributed by atoms with E-state index < -0.39 is 0 Å². The Morgan fingerprint density at radius 3 is 2.79 bits per heavy atom. The lowest BCUT2D eigenvalue weighted by Gasteiger charge is -2.13. The van der Waals surface area contributed by atoms with Crippen molar-refractivity contribution in [2.24, 2.45) is 5.84 Å². The molecule has 2 N–H and O–H groups in total. The predicted octanol–water partition coefficient (Wildman–Crippen LogP) is 1.47. The number of hydrogen-bond acceptors (Lipinski definition) is 6. The Kier molecular flexibility index (Phi) is 2.77. The van der Waals surface area contributed by atoms with Crippen LogP contribution in [0, 0.1) is 6.92 Å². The molecule has 6 nitrogen and oxygen atoms in total. The quantitative estimate of drug-likeness (QED) is 0.565. The first-order valence-electron chi connectivity index (χ1n) is 5.62. The van der Waals surface area contributed by atoms with Gasteiger partial charge in [-0.25, -0.2) is 10.8 Å². The lowest BCUT2D eigenvalue weighted by molar-refractivity contribution is 0.873. The van der Waals surface area contributed by atoms with E-state index in [-0.39, 0.29) is 5.56 Å². The molecule has 2 heterocycles. The van der Waals surface area contributed by atoms with Crippen LogP contribution in [0.3, 0.4) is 0 Å². The molecule has 0 amide bonds. The summed E-state index contributed by atoms with van der Waals surface area (Å²) in [5, 5.41) is 6.14. The Bertz CT molecular complexity index is 780. The van der Waals surface area contributed by atoms with E-state index in [9.17, 15) is 4.79 Å². The number of aryl methyl sites for hydroxylation is 1. The number of rotatable bonds is 2. The van der Waals surface area contributed by atoms with Crippen LogP contribution in [0.4, 0.5) is 10.8 Å². The molecule has 0 aliphatic heterocycles. The molecule has 3 rings (SSSR count). The summed E-state index contributed by atoms with van der Waals surface area (Å²) in [7, 11) is 0. The van der Waals surface area contributed by atoms with E-state index in [1.807, 2.05) is 30.3 Å². The van der Waals surface area contributed by atoms with Crippen molar-refractivity contribution in [3.8, 4) is 0 Å². The van der Waals surface area contributed by atoms with Gasteiger partial charge in [0.25, 0.3) is 5.56 Å². The lowest BCUT2D eigenvalue weighted by Crippen LogP contribution is -2.25. The Labute approximate surface area is 112 Å². The van der Waals surface area contributed by atoms with Gasteiger partial charge in [-0.3, -0.25) is 9.80 Å².